The Hall–Kier alpha value is -0.380. The summed E-state index contributed by atoms with van der Waals surface area (Å²) in [4.78, 5) is 0. The fraction of sp³-hybridized carbons (Fsp3) is 0.647. The molecule has 3 heteroatoms. The number of benzene rings is 1. The Morgan fingerprint density at radius 1 is 1.35 bits per heavy atom. The first-order valence-electron chi connectivity index (χ1n) is 7.68. The number of aliphatic hydroxyl groups is 1. The van der Waals surface area contributed by atoms with Crippen molar-refractivity contribution in [2.24, 2.45) is 5.92 Å². The molecule has 1 spiro atoms. The van der Waals surface area contributed by atoms with E-state index >= 15 is 0 Å². The lowest BCUT2D eigenvalue weighted by Gasteiger charge is -2.40. The van der Waals surface area contributed by atoms with Gasteiger partial charge in [0.1, 0.15) is 0 Å². The second kappa shape index (κ2) is 5.78. The van der Waals surface area contributed by atoms with Gasteiger partial charge >= 0.3 is 0 Å². The Morgan fingerprint density at radius 3 is 2.80 bits per heavy atom. The van der Waals surface area contributed by atoms with E-state index in [0.29, 0.717) is 5.92 Å². The highest BCUT2D eigenvalue weighted by atomic mass is 79.9. The molecule has 1 saturated carbocycles. The Kier molecular flexibility index (Phi) is 4.21. The van der Waals surface area contributed by atoms with Crippen molar-refractivity contribution in [2.45, 2.75) is 57.2 Å². The molecule has 2 unspecified atom stereocenters. The number of aliphatic hydroxyl groups excluding tert-OH is 1. The van der Waals surface area contributed by atoms with Crippen molar-refractivity contribution in [2.75, 3.05) is 6.61 Å². The zero-order chi connectivity index (χ0) is 14.2. The number of rotatable bonds is 2. The molecule has 2 aliphatic rings. The van der Waals surface area contributed by atoms with E-state index in [1.807, 2.05) is 6.07 Å². The molecule has 1 aromatic carbocycles. The van der Waals surface area contributed by atoms with Gasteiger partial charge in [0, 0.05) is 11.1 Å². The minimum absolute atomic E-state index is 0.0766. The van der Waals surface area contributed by atoms with Gasteiger partial charge in [0.15, 0.2) is 0 Å². The first kappa shape index (κ1) is 14.6. The lowest BCUT2D eigenvalue weighted by molar-refractivity contribution is -0.113. The zero-order valence-corrected chi connectivity index (χ0v) is 13.7. The van der Waals surface area contributed by atoms with Crippen molar-refractivity contribution in [1.82, 2.24) is 0 Å². The third-order valence-corrected chi connectivity index (χ3v) is 5.54. The summed E-state index contributed by atoms with van der Waals surface area (Å²) < 4.78 is 7.15. The molecular formula is C17H23BrO2. The average molecular weight is 339 g/mol. The van der Waals surface area contributed by atoms with Crippen molar-refractivity contribution in [1.29, 1.82) is 0 Å². The van der Waals surface area contributed by atoms with Gasteiger partial charge in [0.25, 0.3) is 0 Å². The van der Waals surface area contributed by atoms with Gasteiger partial charge in [-0.25, -0.2) is 0 Å². The van der Waals surface area contributed by atoms with E-state index in [0.717, 1.165) is 29.5 Å². The molecule has 2 atom stereocenters. The quantitative estimate of drug-likeness (QED) is 0.858. The van der Waals surface area contributed by atoms with E-state index in [9.17, 15) is 5.11 Å². The lowest BCUT2D eigenvalue weighted by atomic mass is 9.79. The van der Waals surface area contributed by atoms with Crippen LogP contribution in [0.2, 0.25) is 0 Å². The van der Waals surface area contributed by atoms with Crippen molar-refractivity contribution in [3.8, 4) is 0 Å². The van der Waals surface area contributed by atoms with E-state index < -0.39 is 0 Å². The molecule has 20 heavy (non-hydrogen) atoms. The van der Waals surface area contributed by atoms with Crippen LogP contribution in [-0.4, -0.2) is 17.3 Å². The summed E-state index contributed by atoms with van der Waals surface area (Å²) in [5.74, 6) is 0.335. The molecular weight excluding hydrogens is 316 g/mol. The van der Waals surface area contributed by atoms with Crippen molar-refractivity contribution in [3.05, 3.63) is 33.8 Å². The Balaban J connectivity index is 1.77. The second-order valence-electron chi connectivity index (χ2n) is 6.44. The topological polar surface area (TPSA) is 29.5 Å². The van der Waals surface area contributed by atoms with Crippen LogP contribution in [0, 0.1) is 12.8 Å². The van der Waals surface area contributed by atoms with Gasteiger partial charge in [0.05, 0.1) is 11.7 Å². The minimum Gasteiger partial charge on any atom is -0.388 e. The van der Waals surface area contributed by atoms with Crippen LogP contribution in [0.4, 0.5) is 0 Å². The zero-order valence-electron chi connectivity index (χ0n) is 12.1. The number of hydrogen-bond acceptors (Lipinski definition) is 2. The van der Waals surface area contributed by atoms with Crippen LogP contribution in [0.1, 0.15) is 55.8 Å². The summed E-state index contributed by atoms with van der Waals surface area (Å²) in [6.45, 7) is 2.88. The van der Waals surface area contributed by atoms with Crippen molar-refractivity contribution < 1.29 is 9.84 Å². The third kappa shape index (κ3) is 2.81. The summed E-state index contributed by atoms with van der Waals surface area (Å²) in [6.07, 6.45) is 6.54. The van der Waals surface area contributed by atoms with Crippen molar-refractivity contribution in [3.63, 3.8) is 0 Å². The summed E-state index contributed by atoms with van der Waals surface area (Å²) in [5.41, 5.74) is 2.32. The van der Waals surface area contributed by atoms with Crippen LogP contribution >= 0.6 is 15.9 Å². The summed E-state index contributed by atoms with van der Waals surface area (Å²) in [5, 5.41) is 10.8. The Bertz CT molecular complexity index is 480. The number of aryl methyl sites for hydroxylation is 1. The van der Waals surface area contributed by atoms with Crippen LogP contribution < -0.4 is 0 Å². The molecule has 1 saturated heterocycles. The van der Waals surface area contributed by atoms with Gasteiger partial charge in [-0.3, -0.25) is 0 Å². The number of ether oxygens (including phenoxy) is 1. The molecule has 1 aromatic rings. The Labute approximate surface area is 129 Å². The van der Waals surface area contributed by atoms with E-state index in [1.165, 1.54) is 31.2 Å². The van der Waals surface area contributed by atoms with Gasteiger partial charge < -0.3 is 9.84 Å². The normalized spacial score (nSPS) is 26.9. The fourth-order valence-electron chi connectivity index (χ4n) is 3.93. The maximum Gasteiger partial charge on any atom is 0.0822 e. The molecule has 2 nitrogen and oxygen atoms in total. The summed E-state index contributed by atoms with van der Waals surface area (Å²) >= 11 is 3.49. The molecule has 0 amide bonds. The Morgan fingerprint density at radius 2 is 2.10 bits per heavy atom. The highest BCUT2D eigenvalue weighted by molar-refractivity contribution is 9.10. The lowest BCUT2D eigenvalue weighted by Crippen LogP contribution is -2.39. The van der Waals surface area contributed by atoms with Gasteiger partial charge in [-0.15, -0.1) is 0 Å². The minimum atomic E-state index is -0.357. The van der Waals surface area contributed by atoms with Crippen LogP contribution in [0.5, 0.6) is 0 Å². The smallest absolute Gasteiger partial charge is 0.0822 e. The molecule has 2 fully saturated rings. The first-order valence-corrected chi connectivity index (χ1v) is 8.47. The number of halogens is 1. The van der Waals surface area contributed by atoms with E-state index in [-0.39, 0.29) is 11.7 Å². The molecule has 1 aliphatic heterocycles. The standard InChI is InChI=1S/C17H23BrO2/c1-12-10-14(18)4-5-15(12)16(19)13-6-9-20-17(11-13)7-2-3-8-17/h4-5,10,13,16,19H,2-3,6-9,11H2,1H3. The maximum atomic E-state index is 10.8. The molecule has 1 aliphatic carbocycles. The first-order chi connectivity index (χ1) is 9.60. The summed E-state index contributed by atoms with van der Waals surface area (Å²) in [6, 6.07) is 6.17. The predicted molar refractivity (Wildman–Crippen MR) is 83.7 cm³/mol. The fourth-order valence-corrected chi connectivity index (χ4v) is 4.40. The van der Waals surface area contributed by atoms with Gasteiger partial charge in [-0.2, -0.15) is 0 Å². The van der Waals surface area contributed by atoms with E-state index in [4.69, 9.17) is 4.74 Å². The van der Waals surface area contributed by atoms with Crippen molar-refractivity contribution >= 4 is 15.9 Å². The van der Waals surface area contributed by atoms with Gasteiger partial charge in [-0.1, -0.05) is 34.8 Å². The van der Waals surface area contributed by atoms with Crippen LogP contribution in [0.25, 0.3) is 0 Å². The van der Waals surface area contributed by atoms with Crippen LogP contribution in [0.3, 0.4) is 0 Å². The van der Waals surface area contributed by atoms with E-state index in [1.54, 1.807) is 0 Å². The van der Waals surface area contributed by atoms with E-state index in [2.05, 4.69) is 35.0 Å². The monoisotopic (exact) mass is 338 g/mol. The predicted octanol–water partition coefficient (Wildman–Crippen LogP) is 4.53. The molecule has 0 aromatic heterocycles. The van der Waals surface area contributed by atoms with Crippen LogP contribution in [0.15, 0.2) is 22.7 Å². The molecule has 110 valence electrons. The third-order valence-electron chi connectivity index (χ3n) is 5.04. The van der Waals surface area contributed by atoms with Crippen LogP contribution in [-0.2, 0) is 4.74 Å². The molecule has 1 N–H and O–H groups in total. The maximum absolute atomic E-state index is 10.8. The number of hydrogen-bond donors (Lipinski definition) is 1. The molecule has 0 bridgehead atoms. The molecule has 3 rings (SSSR count). The highest BCUT2D eigenvalue weighted by Crippen LogP contribution is 2.45. The SMILES string of the molecule is Cc1cc(Br)ccc1C(O)C1CCOC2(CCCC2)C1. The van der Waals surface area contributed by atoms with Gasteiger partial charge in [-0.05, 0) is 61.8 Å². The second-order valence-corrected chi connectivity index (χ2v) is 7.35. The summed E-state index contributed by atoms with van der Waals surface area (Å²) in [7, 11) is 0. The highest BCUT2D eigenvalue weighted by Gasteiger charge is 2.42. The van der Waals surface area contributed by atoms with Gasteiger partial charge in [0.2, 0.25) is 0 Å². The largest absolute Gasteiger partial charge is 0.388 e. The molecule has 1 heterocycles. The molecule has 0 radical (unpaired) electrons. The average Bonchev–Trinajstić information content (AvgIpc) is 2.86.